The zero-order chi connectivity index (χ0) is 10.6. The first-order valence-electron chi connectivity index (χ1n) is 5.08. The van der Waals surface area contributed by atoms with Gasteiger partial charge in [-0.3, -0.25) is 0 Å². The normalized spacial score (nSPS) is 15.1. The lowest BCUT2D eigenvalue weighted by Crippen LogP contribution is -2.24. The maximum absolute atomic E-state index is 5.84. The van der Waals surface area contributed by atoms with Crippen molar-refractivity contribution < 1.29 is 0 Å². The fraction of sp³-hybridized carbons (Fsp3) is 0.545. The molecule has 0 saturated heterocycles. The maximum atomic E-state index is 5.84. The molecule has 0 aliphatic carbocycles. The van der Waals surface area contributed by atoms with Gasteiger partial charge in [-0.25, -0.2) is 4.98 Å². The van der Waals surface area contributed by atoms with Gasteiger partial charge in [-0.15, -0.1) is 0 Å². The molecule has 1 heterocycles. The lowest BCUT2D eigenvalue weighted by molar-refractivity contribution is 0.401. The molecule has 1 aromatic heterocycles. The van der Waals surface area contributed by atoms with Crippen molar-refractivity contribution in [2.75, 3.05) is 12.8 Å². The number of nitrogens with zero attached hydrogens (tertiary/aromatic N) is 1. The summed E-state index contributed by atoms with van der Waals surface area (Å²) in [6.45, 7) is 4.40. The topological polar surface area (TPSA) is 50.9 Å². The van der Waals surface area contributed by atoms with E-state index in [0.29, 0.717) is 17.8 Å². The monoisotopic (exact) mass is 193 g/mol. The van der Waals surface area contributed by atoms with Crippen molar-refractivity contribution in [2.24, 2.45) is 5.92 Å². The highest BCUT2D eigenvalue weighted by atomic mass is 14.9. The highest BCUT2D eigenvalue weighted by Crippen LogP contribution is 2.26. The number of anilines is 1. The minimum absolute atomic E-state index is 0.300. The molecule has 1 aromatic rings. The Morgan fingerprint density at radius 2 is 2.29 bits per heavy atom. The van der Waals surface area contributed by atoms with Crippen LogP contribution in [0.1, 0.15) is 31.9 Å². The van der Waals surface area contributed by atoms with Crippen molar-refractivity contribution in [1.82, 2.24) is 10.3 Å². The molecule has 0 fully saturated rings. The summed E-state index contributed by atoms with van der Waals surface area (Å²) in [6.07, 6.45) is 2.85. The van der Waals surface area contributed by atoms with Gasteiger partial charge in [-0.05, 0) is 19.0 Å². The van der Waals surface area contributed by atoms with Crippen LogP contribution in [0.25, 0.3) is 0 Å². The molecule has 0 aromatic carbocycles. The molecule has 3 heteroatoms. The van der Waals surface area contributed by atoms with Crippen LogP contribution in [-0.2, 0) is 0 Å². The van der Waals surface area contributed by atoms with Crippen LogP contribution >= 0.6 is 0 Å². The van der Waals surface area contributed by atoms with E-state index in [0.717, 1.165) is 12.0 Å². The molecule has 3 N–H and O–H groups in total. The molecule has 2 unspecified atom stereocenters. The number of hydrogen-bond donors (Lipinski definition) is 2. The van der Waals surface area contributed by atoms with E-state index in [9.17, 15) is 0 Å². The van der Waals surface area contributed by atoms with Gasteiger partial charge in [0.25, 0.3) is 0 Å². The molecular weight excluding hydrogens is 174 g/mol. The Bertz CT molecular complexity index is 286. The number of hydrogen-bond acceptors (Lipinski definition) is 3. The van der Waals surface area contributed by atoms with Gasteiger partial charge in [-0.1, -0.05) is 26.3 Å². The largest absolute Gasteiger partial charge is 0.383 e. The Morgan fingerprint density at radius 3 is 2.79 bits per heavy atom. The first-order valence-corrected chi connectivity index (χ1v) is 5.08. The summed E-state index contributed by atoms with van der Waals surface area (Å²) in [5, 5.41) is 3.29. The van der Waals surface area contributed by atoms with Gasteiger partial charge in [0.05, 0.1) is 0 Å². The molecule has 0 amide bonds. The van der Waals surface area contributed by atoms with Crippen molar-refractivity contribution in [2.45, 2.75) is 26.3 Å². The summed E-state index contributed by atoms with van der Waals surface area (Å²) < 4.78 is 0. The van der Waals surface area contributed by atoms with E-state index >= 15 is 0 Å². The third-order valence-electron chi connectivity index (χ3n) is 2.73. The second kappa shape index (κ2) is 4.96. The Balaban J connectivity index is 2.94. The Kier molecular flexibility index (Phi) is 3.89. The van der Waals surface area contributed by atoms with Crippen LogP contribution in [0.15, 0.2) is 18.3 Å². The van der Waals surface area contributed by atoms with Crippen LogP contribution in [-0.4, -0.2) is 12.0 Å². The minimum atomic E-state index is 0.300. The van der Waals surface area contributed by atoms with Gasteiger partial charge in [0.1, 0.15) is 5.82 Å². The molecule has 0 bridgehead atoms. The van der Waals surface area contributed by atoms with Crippen molar-refractivity contribution in [3.05, 3.63) is 23.9 Å². The first-order chi connectivity index (χ1) is 6.70. The molecule has 14 heavy (non-hydrogen) atoms. The van der Waals surface area contributed by atoms with E-state index < -0.39 is 0 Å². The molecule has 2 atom stereocenters. The number of nitrogens with one attached hydrogen (secondary N) is 1. The van der Waals surface area contributed by atoms with Gasteiger partial charge in [0, 0.05) is 17.8 Å². The maximum Gasteiger partial charge on any atom is 0.128 e. The number of nitrogens with two attached hydrogens (primary N) is 1. The van der Waals surface area contributed by atoms with Crippen LogP contribution in [0.2, 0.25) is 0 Å². The molecule has 78 valence electrons. The van der Waals surface area contributed by atoms with E-state index in [-0.39, 0.29) is 0 Å². The summed E-state index contributed by atoms with van der Waals surface area (Å²) in [6, 6.07) is 4.27. The van der Waals surface area contributed by atoms with Crippen LogP contribution in [0.3, 0.4) is 0 Å². The lowest BCUT2D eigenvalue weighted by Gasteiger charge is -2.23. The summed E-state index contributed by atoms with van der Waals surface area (Å²) in [5.74, 6) is 1.19. The summed E-state index contributed by atoms with van der Waals surface area (Å²) in [5.41, 5.74) is 6.94. The van der Waals surface area contributed by atoms with Crippen molar-refractivity contribution in [1.29, 1.82) is 0 Å². The van der Waals surface area contributed by atoms with Gasteiger partial charge >= 0.3 is 0 Å². The number of nitrogen functional groups attached to an aromatic ring is 1. The van der Waals surface area contributed by atoms with Crippen LogP contribution in [0.5, 0.6) is 0 Å². The van der Waals surface area contributed by atoms with Gasteiger partial charge in [0.2, 0.25) is 0 Å². The van der Waals surface area contributed by atoms with E-state index in [1.165, 1.54) is 0 Å². The van der Waals surface area contributed by atoms with Crippen LogP contribution in [0.4, 0.5) is 5.82 Å². The van der Waals surface area contributed by atoms with E-state index in [1.54, 1.807) is 6.20 Å². The van der Waals surface area contributed by atoms with Crippen molar-refractivity contribution >= 4 is 5.82 Å². The summed E-state index contributed by atoms with van der Waals surface area (Å²) >= 11 is 0. The fourth-order valence-electron chi connectivity index (χ4n) is 1.68. The lowest BCUT2D eigenvalue weighted by atomic mass is 9.93. The third kappa shape index (κ3) is 2.23. The Morgan fingerprint density at radius 1 is 1.57 bits per heavy atom. The Hall–Kier alpha value is -1.09. The molecule has 0 spiro atoms. The second-order valence-corrected chi connectivity index (χ2v) is 3.63. The standard InChI is InChI=1S/C11H19N3/c1-4-8(2)10(13-3)9-6-5-7-14-11(9)12/h5-8,10,13H,4H2,1-3H3,(H2,12,14). The molecular formula is C11H19N3. The number of rotatable bonds is 4. The SMILES string of the molecule is CCC(C)C(NC)c1cccnc1N. The Labute approximate surface area is 85.7 Å². The van der Waals surface area contributed by atoms with Gasteiger partial charge in [0.15, 0.2) is 0 Å². The quantitative estimate of drug-likeness (QED) is 0.768. The minimum Gasteiger partial charge on any atom is -0.383 e. The number of pyridine rings is 1. The van der Waals surface area contributed by atoms with E-state index in [1.807, 2.05) is 19.2 Å². The average Bonchev–Trinajstić information content (AvgIpc) is 2.21. The predicted molar refractivity (Wildman–Crippen MR) is 59.9 cm³/mol. The second-order valence-electron chi connectivity index (χ2n) is 3.63. The molecule has 0 saturated carbocycles. The van der Waals surface area contributed by atoms with Crippen molar-refractivity contribution in [3.63, 3.8) is 0 Å². The van der Waals surface area contributed by atoms with Crippen molar-refractivity contribution in [3.8, 4) is 0 Å². The third-order valence-corrected chi connectivity index (χ3v) is 2.73. The molecule has 0 aliphatic heterocycles. The average molecular weight is 193 g/mol. The fourth-order valence-corrected chi connectivity index (χ4v) is 1.68. The van der Waals surface area contributed by atoms with Gasteiger partial charge in [-0.2, -0.15) is 0 Å². The summed E-state index contributed by atoms with van der Waals surface area (Å²) in [4.78, 5) is 4.10. The zero-order valence-corrected chi connectivity index (χ0v) is 9.12. The van der Waals surface area contributed by atoms with E-state index in [2.05, 4.69) is 24.1 Å². The van der Waals surface area contributed by atoms with E-state index in [4.69, 9.17) is 5.73 Å². The summed E-state index contributed by atoms with van der Waals surface area (Å²) in [7, 11) is 1.96. The highest BCUT2D eigenvalue weighted by molar-refractivity contribution is 5.41. The van der Waals surface area contributed by atoms with Gasteiger partial charge < -0.3 is 11.1 Å². The molecule has 0 aliphatic rings. The van der Waals surface area contributed by atoms with Crippen LogP contribution < -0.4 is 11.1 Å². The zero-order valence-electron chi connectivity index (χ0n) is 9.12. The smallest absolute Gasteiger partial charge is 0.128 e. The predicted octanol–water partition coefficient (Wildman–Crippen LogP) is 1.97. The molecule has 0 radical (unpaired) electrons. The highest BCUT2D eigenvalue weighted by Gasteiger charge is 2.18. The number of aromatic nitrogens is 1. The first kappa shape index (κ1) is 11.0. The van der Waals surface area contributed by atoms with Crippen LogP contribution in [0, 0.1) is 5.92 Å². The molecule has 1 rings (SSSR count). The molecule has 3 nitrogen and oxygen atoms in total.